The molecule has 0 radical (unpaired) electrons. The smallest absolute Gasteiger partial charge is 0.340 e. The Morgan fingerprint density at radius 3 is 2.48 bits per heavy atom. The predicted octanol–water partition coefficient (Wildman–Crippen LogP) is 5.04. The van der Waals surface area contributed by atoms with Crippen molar-refractivity contribution in [1.29, 1.82) is 5.26 Å². The molecule has 3 rings (SSSR count). The maximum absolute atomic E-state index is 13.0. The molecule has 3 aromatic rings. The number of nitrogens with zero attached hydrogens (tertiary/aromatic N) is 2. The molecule has 0 bridgehead atoms. The Hall–Kier alpha value is -4.03. The molecule has 2 aromatic carbocycles. The number of ether oxygens (including phenoxy) is 2. The third-order valence-corrected chi connectivity index (χ3v) is 4.86. The number of nitriles is 1. The van der Waals surface area contributed by atoms with E-state index in [9.17, 15) is 20.2 Å². The van der Waals surface area contributed by atoms with Gasteiger partial charge in [0, 0.05) is 11.6 Å². The van der Waals surface area contributed by atoms with Crippen molar-refractivity contribution < 1.29 is 19.2 Å². The number of pyridine rings is 1. The number of hydrogen-bond donors (Lipinski definition) is 1. The van der Waals surface area contributed by atoms with Gasteiger partial charge in [-0.05, 0) is 42.8 Å². The van der Waals surface area contributed by atoms with Crippen molar-refractivity contribution in [3.63, 3.8) is 0 Å². The molecule has 1 aromatic heterocycles. The summed E-state index contributed by atoms with van der Waals surface area (Å²) in [5.74, 6) is -0.128. The standard InChI is InChI=1S/C22H17N3O5S/c1-3-30-22(26)19-18(15-6-4-5-7-17(15)25(27)28)16(12-23)21(31)24-20(19)13-8-10-14(29-2)11-9-13/h4-11H,3H2,1-2H3,(H,24,31). The number of benzene rings is 2. The van der Waals surface area contributed by atoms with E-state index in [2.05, 4.69) is 4.98 Å². The Labute approximate surface area is 182 Å². The molecule has 8 nitrogen and oxygen atoms in total. The predicted molar refractivity (Wildman–Crippen MR) is 116 cm³/mol. The van der Waals surface area contributed by atoms with Gasteiger partial charge in [0.1, 0.15) is 16.5 Å². The first-order valence-corrected chi connectivity index (χ1v) is 9.59. The fourth-order valence-corrected chi connectivity index (χ4v) is 3.45. The SMILES string of the molecule is CCOC(=O)c1c(-c2ccc(OC)cc2)[nH]c(=S)c(C#N)c1-c1ccccc1[N+](=O)[O-]. The number of aromatic nitrogens is 1. The maximum Gasteiger partial charge on any atom is 0.340 e. The number of rotatable bonds is 6. The van der Waals surface area contributed by atoms with Crippen LogP contribution in [0.15, 0.2) is 48.5 Å². The molecular weight excluding hydrogens is 418 g/mol. The van der Waals surface area contributed by atoms with Gasteiger partial charge in [-0.3, -0.25) is 10.1 Å². The number of carbonyl (C=O) groups is 1. The first-order valence-electron chi connectivity index (χ1n) is 9.18. The fourth-order valence-electron chi connectivity index (χ4n) is 3.20. The first kappa shape index (κ1) is 21.7. The minimum Gasteiger partial charge on any atom is -0.497 e. The molecule has 0 spiro atoms. The molecule has 0 fully saturated rings. The molecule has 0 saturated heterocycles. The number of carbonyl (C=O) groups excluding carboxylic acids is 1. The van der Waals surface area contributed by atoms with Crippen LogP contribution in [-0.2, 0) is 4.74 Å². The minimum atomic E-state index is -0.732. The van der Waals surface area contributed by atoms with E-state index < -0.39 is 10.9 Å². The van der Waals surface area contributed by atoms with Gasteiger partial charge in [0.15, 0.2) is 0 Å². The molecule has 0 unspecified atom stereocenters. The van der Waals surface area contributed by atoms with Crippen LogP contribution in [-0.4, -0.2) is 29.6 Å². The molecule has 0 aliphatic heterocycles. The van der Waals surface area contributed by atoms with Crippen LogP contribution in [0, 0.1) is 26.1 Å². The van der Waals surface area contributed by atoms with Crippen molar-refractivity contribution in [1.82, 2.24) is 4.98 Å². The highest BCUT2D eigenvalue weighted by Gasteiger charge is 2.29. The largest absolute Gasteiger partial charge is 0.497 e. The molecule has 156 valence electrons. The second-order valence-corrected chi connectivity index (χ2v) is 6.70. The number of H-pyrrole nitrogens is 1. The van der Waals surface area contributed by atoms with E-state index in [0.717, 1.165) is 0 Å². The summed E-state index contributed by atoms with van der Waals surface area (Å²) in [6, 6.07) is 14.7. The van der Waals surface area contributed by atoms with E-state index in [1.165, 1.54) is 25.3 Å². The zero-order chi connectivity index (χ0) is 22.5. The Morgan fingerprint density at radius 1 is 1.23 bits per heavy atom. The highest BCUT2D eigenvalue weighted by Crippen LogP contribution is 2.39. The second-order valence-electron chi connectivity index (χ2n) is 6.29. The van der Waals surface area contributed by atoms with Gasteiger partial charge in [0.2, 0.25) is 0 Å². The van der Waals surface area contributed by atoms with Crippen LogP contribution in [0.3, 0.4) is 0 Å². The lowest BCUT2D eigenvalue weighted by Crippen LogP contribution is -2.12. The molecule has 1 heterocycles. The van der Waals surface area contributed by atoms with Crippen molar-refractivity contribution in [3.05, 3.63) is 74.4 Å². The Morgan fingerprint density at radius 2 is 1.90 bits per heavy atom. The number of esters is 1. The number of nitrogens with one attached hydrogen (secondary N) is 1. The lowest BCUT2D eigenvalue weighted by atomic mass is 9.91. The number of nitro benzene ring substituents is 1. The third-order valence-electron chi connectivity index (χ3n) is 4.56. The topological polar surface area (TPSA) is 118 Å². The summed E-state index contributed by atoms with van der Waals surface area (Å²) in [7, 11) is 1.53. The van der Waals surface area contributed by atoms with Crippen LogP contribution in [0.4, 0.5) is 5.69 Å². The van der Waals surface area contributed by atoms with Gasteiger partial charge in [0.25, 0.3) is 5.69 Å². The zero-order valence-electron chi connectivity index (χ0n) is 16.7. The lowest BCUT2D eigenvalue weighted by molar-refractivity contribution is -0.384. The van der Waals surface area contributed by atoms with Crippen molar-refractivity contribution in [2.75, 3.05) is 13.7 Å². The highest BCUT2D eigenvalue weighted by atomic mass is 32.1. The average molecular weight is 435 g/mol. The minimum absolute atomic E-state index is 0.00790. The van der Waals surface area contributed by atoms with E-state index >= 15 is 0 Å². The number of aromatic amines is 1. The second kappa shape index (κ2) is 9.19. The summed E-state index contributed by atoms with van der Waals surface area (Å²) in [5, 5.41) is 21.5. The summed E-state index contributed by atoms with van der Waals surface area (Å²) in [4.78, 5) is 27.1. The molecule has 0 saturated carbocycles. The van der Waals surface area contributed by atoms with Crippen LogP contribution in [0.25, 0.3) is 22.4 Å². The van der Waals surface area contributed by atoms with Gasteiger partial charge in [-0.15, -0.1) is 0 Å². The molecule has 9 heteroatoms. The average Bonchev–Trinajstić information content (AvgIpc) is 2.78. The summed E-state index contributed by atoms with van der Waals surface area (Å²) in [6.07, 6.45) is 0. The first-order chi connectivity index (χ1) is 14.9. The Kier molecular flexibility index (Phi) is 6.43. The molecule has 31 heavy (non-hydrogen) atoms. The zero-order valence-corrected chi connectivity index (χ0v) is 17.5. The molecule has 1 N–H and O–H groups in total. The summed E-state index contributed by atoms with van der Waals surface area (Å²) < 4.78 is 10.5. The number of hydrogen-bond acceptors (Lipinski definition) is 7. The molecular formula is C22H17N3O5S. The van der Waals surface area contributed by atoms with Crippen molar-refractivity contribution in [2.45, 2.75) is 6.92 Å². The van der Waals surface area contributed by atoms with Gasteiger partial charge in [-0.25, -0.2) is 4.79 Å². The van der Waals surface area contributed by atoms with Gasteiger partial charge in [0.05, 0.1) is 41.0 Å². The van der Waals surface area contributed by atoms with Gasteiger partial charge >= 0.3 is 5.97 Å². The van der Waals surface area contributed by atoms with E-state index in [4.69, 9.17) is 21.7 Å². The van der Waals surface area contributed by atoms with Crippen LogP contribution in [0.5, 0.6) is 5.75 Å². The van der Waals surface area contributed by atoms with Crippen LogP contribution < -0.4 is 4.74 Å². The summed E-state index contributed by atoms with van der Waals surface area (Å²) in [6.45, 7) is 1.72. The Bertz CT molecular complexity index is 1260. The van der Waals surface area contributed by atoms with E-state index in [1.807, 2.05) is 6.07 Å². The molecule has 0 aliphatic rings. The van der Waals surface area contributed by atoms with E-state index in [0.29, 0.717) is 17.0 Å². The lowest BCUT2D eigenvalue weighted by Gasteiger charge is -2.16. The quantitative estimate of drug-likeness (QED) is 0.249. The van der Waals surface area contributed by atoms with Crippen molar-refractivity contribution in [3.8, 4) is 34.2 Å². The normalized spacial score (nSPS) is 10.2. The number of nitro groups is 1. The van der Waals surface area contributed by atoms with Crippen LogP contribution in [0.1, 0.15) is 22.8 Å². The highest BCUT2D eigenvalue weighted by molar-refractivity contribution is 7.71. The van der Waals surface area contributed by atoms with Gasteiger partial charge in [-0.2, -0.15) is 5.26 Å². The number of methoxy groups -OCH3 is 1. The fraction of sp³-hybridized carbons (Fsp3) is 0.136. The summed E-state index contributed by atoms with van der Waals surface area (Å²) in [5.41, 5.74) is 0.698. The van der Waals surface area contributed by atoms with Crippen molar-refractivity contribution >= 4 is 23.9 Å². The van der Waals surface area contributed by atoms with E-state index in [1.54, 1.807) is 37.3 Å². The monoisotopic (exact) mass is 435 g/mol. The molecule has 0 atom stereocenters. The summed E-state index contributed by atoms with van der Waals surface area (Å²) >= 11 is 5.37. The van der Waals surface area contributed by atoms with Crippen LogP contribution in [0.2, 0.25) is 0 Å². The maximum atomic E-state index is 13.0. The van der Waals surface area contributed by atoms with Crippen molar-refractivity contribution in [2.24, 2.45) is 0 Å². The molecule has 0 aliphatic carbocycles. The third kappa shape index (κ3) is 4.15. The van der Waals surface area contributed by atoms with Gasteiger partial charge in [-0.1, -0.05) is 24.4 Å². The number of para-hydroxylation sites is 1. The Balaban J connectivity index is 2.47. The van der Waals surface area contributed by atoms with Crippen LogP contribution >= 0.6 is 12.2 Å². The molecule has 0 amide bonds. The van der Waals surface area contributed by atoms with E-state index in [-0.39, 0.29) is 39.2 Å². The van der Waals surface area contributed by atoms with Gasteiger partial charge < -0.3 is 14.5 Å².